The van der Waals surface area contributed by atoms with Crippen LogP contribution in [0.4, 0.5) is 5.69 Å². The number of hydrogen-bond acceptors (Lipinski definition) is 3. The van der Waals surface area contributed by atoms with Crippen LogP contribution in [-0.2, 0) is 0 Å². The monoisotopic (exact) mass is 231 g/mol. The van der Waals surface area contributed by atoms with Gasteiger partial charge in [0.2, 0.25) is 5.91 Å². The van der Waals surface area contributed by atoms with Crippen LogP contribution in [0.15, 0.2) is 18.2 Å². The third kappa shape index (κ3) is 1.91. The SMILES string of the molecule is CC(C)C1=[N+]C(=O)c2c(cccc2C(N)=O)N1. The van der Waals surface area contributed by atoms with E-state index in [1.807, 2.05) is 13.8 Å². The van der Waals surface area contributed by atoms with Crippen LogP contribution in [0.1, 0.15) is 34.6 Å². The summed E-state index contributed by atoms with van der Waals surface area (Å²) < 4.78 is 0. The Bertz CT molecular complexity index is 533. The Morgan fingerprint density at radius 3 is 2.71 bits per heavy atom. The highest BCUT2D eigenvalue weighted by Gasteiger charge is 2.33. The van der Waals surface area contributed by atoms with E-state index in [1.54, 1.807) is 12.1 Å². The molecule has 0 fully saturated rings. The summed E-state index contributed by atoms with van der Waals surface area (Å²) in [6.07, 6.45) is 0. The first-order chi connectivity index (χ1) is 8.00. The maximum atomic E-state index is 11.9. The zero-order chi connectivity index (χ0) is 12.6. The van der Waals surface area contributed by atoms with Crippen LogP contribution < -0.4 is 16.0 Å². The molecule has 0 saturated heterocycles. The van der Waals surface area contributed by atoms with Gasteiger partial charge in [0.15, 0.2) is 0 Å². The molecule has 0 saturated carbocycles. The molecule has 0 spiro atoms. The summed E-state index contributed by atoms with van der Waals surface area (Å²) in [6.45, 7) is 3.87. The Morgan fingerprint density at radius 2 is 2.12 bits per heavy atom. The van der Waals surface area contributed by atoms with Crippen LogP contribution in [0, 0.1) is 5.92 Å². The molecule has 5 heteroatoms. The molecular weight excluding hydrogens is 218 g/mol. The van der Waals surface area contributed by atoms with Crippen LogP contribution in [0.25, 0.3) is 0 Å². The zero-order valence-corrected chi connectivity index (χ0v) is 9.65. The number of rotatable bonds is 2. The minimum atomic E-state index is -0.625. The number of hydrogen-bond donors (Lipinski definition) is 2. The summed E-state index contributed by atoms with van der Waals surface area (Å²) in [7, 11) is 0. The second-order valence-corrected chi connectivity index (χ2v) is 4.17. The number of nitrogens with two attached hydrogens (primary N) is 1. The summed E-state index contributed by atoms with van der Waals surface area (Å²) in [5.41, 5.74) is 6.27. The van der Waals surface area contributed by atoms with Gasteiger partial charge in [-0.05, 0) is 17.1 Å². The first kappa shape index (κ1) is 11.3. The Morgan fingerprint density at radius 1 is 1.41 bits per heavy atom. The maximum Gasteiger partial charge on any atom is 0.387 e. The van der Waals surface area contributed by atoms with Gasteiger partial charge in [0.1, 0.15) is 11.3 Å². The highest BCUT2D eigenvalue weighted by atomic mass is 16.2. The Hall–Kier alpha value is -2.17. The van der Waals surface area contributed by atoms with Gasteiger partial charge in [0, 0.05) is 0 Å². The highest BCUT2D eigenvalue weighted by molar-refractivity contribution is 6.18. The number of anilines is 1. The fourth-order valence-electron chi connectivity index (χ4n) is 1.70. The smallest absolute Gasteiger partial charge is 0.366 e. The fourth-order valence-corrected chi connectivity index (χ4v) is 1.70. The van der Waals surface area contributed by atoms with Gasteiger partial charge < -0.3 is 5.73 Å². The van der Waals surface area contributed by atoms with E-state index < -0.39 is 11.8 Å². The lowest BCUT2D eigenvalue weighted by molar-refractivity contribution is 0.0956. The number of carbonyl (C=O) groups is 2. The van der Waals surface area contributed by atoms with Crippen LogP contribution in [0.3, 0.4) is 0 Å². The summed E-state index contributed by atoms with van der Waals surface area (Å²) in [5, 5.41) is 3.04. The van der Waals surface area contributed by atoms with E-state index in [2.05, 4.69) is 10.3 Å². The summed E-state index contributed by atoms with van der Waals surface area (Å²) in [5.74, 6) is -0.328. The van der Waals surface area contributed by atoms with Gasteiger partial charge in [-0.15, -0.1) is 0 Å². The number of primary amides is 1. The molecule has 87 valence electrons. The van der Waals surface area contributed by atoms with Crippen molar-refractivity contribution in [1.29, 1.82) is 0 Å². The van der Waals surface area contributed by atoms with Gasteiger partial charge in [-0.2, -0.15) is 0 Å². The first-order valence-electron chi connectivity index (χ1n) is 5.33. The molecule has 17 heavy (non-hydrogen) atoms. The largest absolute Gasteiger partial charge is 0.387 e. The van der Waals surface area contributed by atoms with Gasteiger partial charge in [0.25, 0.3) is 0 Å². The number of amidine groups is 1. The minimum Gasteiger partial charge on any atom is -0.366 e. The van der Waals surface area contributed by atoms with Crippen molar-refractivity contribution in [3.8, 4) is 0 Å². The summed E-state index contributed by atoms with van der Waals surface area (Å²) >= 11 is 0. The molecule has 1 aromatic carbocycles. The first-order valence-corrected chi connectivity index (χ1v) is 5.33. The Kier molecular flexibility index (Phi) is 2.67. The number of aliphatic imine (C=N–C) groups is 1. The van der Waals surface area contributed by atoms with E-state index in [1.165, 1.54) is 6.07 Å². The zero-order valence-electron chi connectivity index (χ0n) is 9.65. The van der Waals surface area contributed by atoms with Crippen LogP contribution >= 0.6 is 0 Å². The summed E-state index contributed by atoms with van der Waals surface area (Å²) in [6, 6.07) is 4.94. The van der Waals surface area contributed by atoms with Crippen molar-refractivity contribution in [2.75, 3.05) is 5.32 Å². The van der Waals surface area contributed by atoms with E-state index in [0.29, 0.717) is 11.5 Å². The lowest BCUT2D eigenvalue weighted by Crippen LogP contribution is -2.34. The van der Waals surface area contributed by atoms with Crippen LogP contribution in [0.5, 0.6) is 0 Å². The molecule has 0 unspecified atom stereocenters. The minimum absolute atomic E-state index is 0.115. The number of carbonyl (C=O) groups excluding carboxylic acids is 2. The van der Waals surface area contributed by atoms with Crippen LogP contribution in [0.2, 0.25) is 0 Å². The topological polar surface area (TPSA) is 86.3 Å². The second-order valence-electron chi connectivity index (χ2n) is 4.17. The Balaban J connectivity index is 2.55. The maximum absolute atomic E-state index is 11.9. The van der Waals surface area contributed by atoms with Crippen LogP contribution in [-0.4, -0.2) is 17.6 Å². The third-order valence-corrected chi connectivity index (χ3v) is 2.58. The predicted octanol–water partition coefficient (Wildman–Crippen LogP) is 0.742. The molecule has 1 radical (unpaired) electrons. The number of benzene rings is 1. The van der Waals surface area contributed by atoms with Crippen molar-refractivity contribution in [3.63, 3.8) is 0 Å². The van der Waals surface area contributed by atoms with Gasteiger partial charge >= 0.3 is 11.7 Å². The van der Waals surface area contributed by atoms with Gasteiger partial charge in [-0.3, -0.25) is 4.79 Å². The highest BCUT2D eigenvalue weighted by Crippen LogP contribution is 2.23. The average molecular weight is 231 g/mol. The molecule has 1 aliphatic heterocycles. The van der Waals surface area contributed by atoms with Crippen molar-refractivity contribution in [2.45, 2.75) is 13.8 Å². The Labute approximate surface area is 98.7 Å². The molecule has 2 rings (SSSR count). The van der Waals surface area contributed by atoms with Crippen molar-refractivity contribution in [3.05, 3.63) is 29.3 Å². The van der Waals surface area contributed by atoms with Gasteiger partial charge in [-0.25, -0.2) is 10.1 Å². The number of fused-ring (bicyclic) bond motifs is 1. The third-order valence-electron chi connectivity index (χ3n) is 2.58. The molecule has 0 aliphatic carbocycles. The molecule has 0 aromatic heterocycles. The van der Waals surface area contributed by atoms with Gasteiger partial charge in [0.05, 0.1) is 11.5 Å². The van der Waals surface area contributed by atoms with Crippen molar-refractivity contribution < 1.29 is 9.59 Å². The van der Waals surface area contributed by atoms with E-state index in [-0.39, 0.29) is 17.0 Å². The molecule has 1 heterocycles. The van der Waals surface area contributed by atoms with Crippen molar-refractivity contribution >= 4 is 23.3 Å². The second kappa shape index (κ2) is 4.01. The lowest BCUT2D eigenvalue weighted by atomic mass is 10.0. The van der Waals surface area contributed by atoms with E-state index in [0.717, 1.165) is 0 Å². The average Bonchev–Trinajstić information content (AvgIpc) is 2.27. The molecule has 3 N–H and O–H groups in total. The quantitative estimate of drug-likeness (QED) is 0.787. The predicted molar refractivity (Wildman–Crippen MR) is 64.9 cm³/mol. The number of nitrogens with one attached hydrogen (secondary N) is 1. The molecule has 0 atom stereocenters. The molecule has 1 aromatic rings. The molecule has 2 amide bonds. The molecule has 5 nitrogen and oxygen atoms in total. The van der Waals surface area contributed by atoms with E-state index in [9.17, 15) is 9.59 Å². The van der Waals surface area contributed by atoms with Crippen molar-refractivity contribution in [1.82, 2.24) is 4.99 Å². The standard InChI is InChI=1S/C12H13N3O2/c1-6(2)11-14-8-5-3-4-7(10(13)16)9(8)12(17)15-11/h3-6H,1-2H3,(H2,13,16)(H,14,17)/q+1. The molecular formula is C12H13N3O2+. The van der Waals surface area contributed by atoms with Gasteiger partial charge in [-0.1, -0.05) is 19.9 Å². The summed E-state index contributed by atoms with van der Waals surface area (Å²) in [4.78, 5) is 27.0. The lowest BCUT2D eigenvalue weighted by Gasteiger charge is -2.12. The number of amides is 2. The van der Waals surface area contributed by atoms with Crippen molar-refractivity contribution in [2.24, 2.45) is 11.7 Å². The molecule has 0 bridgehead atoms. The van der Waals surface area contributed by atoms with E-state index in [4.69, 9.17) is 5.73 Å². The fraction of sp³-hybridized carbons (Fsp3) is 0.250. The van der Waals surface area contributed by atoms with E-state index >= 15 is 0 Å². The molecule has 1 aliphatic rings. The normalized spacial score (nSPS) is 14.1. The number of nitrogens with zero attached hydrogens (tertiary/aromatic N) is 1.